The van der Waals surface area contributed by atoms with Crippen LogP contribution in [-0.4, -0.2) is 45.9 Å². The number of nitrogens with zero attached hydrogens (tertiary/aromatic N) is 2. The van der Waals surface area contributed by atoms with Gasteiger partial charge in [-0.1, -0.05) is 29.7 Å². The second kappa shape index (κ2) is 12.3. The van der Waals surface area contributed by atoms with Crippen molar-refractivity contribution in [1.29, 1.82) is 0 Å². The van der Waals surface area contributed by atoms with E-state index in [1.807, 2.05) is 18.2 Å². The van der Waals surface area contributed by atoms with Gasteiger partial charge in [0.25, 0.3) is 0 Å². The van der Waals surface area contributed by atoms with Crippen molar-refractivity contribution in [2.24, 2.45) is 4.99 Å². The van der Waals surface area contributed by atoms with Gasteiger partial charge in [0.1, 0.15) is 6.61 Å². The zero-order chi connectivity index (χ0) is 21.3. The van der Waals surface area contributed by atoms with E-state index in [9.17, 15) is 0 Å². The summed E-state index contributed by atoms with van der Waals surface area (Å²) < 4.78 is 10.9. The lowest BCUT2D eigenvalue weighted by Crippen LogP contribution is -2.44. The SMILES string of the molecule is C#CCOc1cc(CNC(=NC)NC2CCN(c3ccc(C)cc3)C2)ccc1OC.I. The quantitative estimate of drug-likeness (QED) is 0.246. The fourth-order valence-corrected chi connectivity index (χ4v) is 3.51. The molecule has 2 aromatic carbocycles. The lowest BCUT2D eigenvalue weighted by Gasteiger charge is -2.20. The Morgan fingerprint density at radius 2 is 2.00 bits per heavy atom. The van der Waals surface area contributed by atoms with E-state index in [0.29, 0.717) is 24.1 Å². The first kappa shape index (κ1) is 24.7. The van der Waals surface area contributed by atoms with E-state index in [1.54, 1.807) is 14.2 Å². The predicted octanol–water partition coefficient (Wildman–Crippen LogP) is 3.58. The molecule has 7 heteroatoms. The number of benzene rings is 2. The van der Waals surface area contributed by atoms with Crippen molar-refractivity contribution in [2.45, 2.75) is 25.9 Å². The molecule has 1 heterocycles. The highest BCUT2D eigenvalue weighted by molar-refractivity contribution is 14.0. The molecule has 0 aliphatic carbocycles. The molecule has 1 aliphatic rings. The standard InChI is InChI=1S/C24H30N4O2.HI/c1-5-14-30-23-15-19(8-11-22(23)29-4)16-26-24(25-3)27-20-12-13-28(17-20)21-9-6-18(2)7-10-21;/h1,6-11,15,20H,12-14,16-17H2,2-4H3,(H2,25,26,27);1H. The Kier molecular flexibility index (Phi) is 9.79. The highest BCUT2D eigenvalue weighted by Gasteiger charge is 2.23. The van der Waals surface area contributed by atoms with Gasteiger partial charge in [-0.2, -0.15) is 0 Å². The predicted molar refractivity (Wildman–Crippen MR) is 138 cm³/mol. The zero-order valence-electron chi connectivity index (χ0n) is 18.4. The number of ether oxygens (including phenoxy) is 2. The number of terminal acetylenes is 1. The maximum Gasteiger partial charge on any atom is 0.191 e. The molecule has 31 heavy (non-hydrogen) atoms. The summed E-state index contributed by atoms with van der Waals surface area (Å²) in [5, 5.41) is 6.91. The van der Waals surface area contributed by atoms with Crippen molar-refractivity contribution < 1.29 is 9.47 Å². The van der Waals surface area contributed by atoms with Crippen LogP contribution in [0.2, 0.25) is 0 Å². The zero-order valence-corrected chi connectivity index (χ0v) is 20.7. The minimum Gasteiger partial charge on any atom is -0.493 e. The molecule has 6 nitrogen and oxygen atoms in total. The summed E-state index contributed by atoms with van der Waals surface area (Å²) in [6, 6.07) is 14.9. The number of anilines is 1. The molecule has 3 rings (SSSR count). The average Bonchev–Trinajstić information content (AvgIpc) is 3.24. The summed E-state index contributed by atoms with van der Waals surface area (Å²) in [5.74, 6) is 4.57. The van der Waals surface area contributed by atoms with Crippen LogP contribution >= 0.6 is 24.0 Å². The number of halogens is 1. The van der Waals surface area contributed by atoms with Crippen molar-refractivity contribution in [3.63, 3.8) is 0 Å². The summed E-state index contributed by atoms with van der Waals surface area (Å²) >= 11 is 0. The highest BCUT2D eigenvalue weighted by Crippen LogP contribution is 2.28. The van der Waals surface area contributed by atoms with Gasteiger partial charge in [0, 0.05) is 38.4 Å². The molecule has 0 saturated carbocycles. The molecule has 1 atom stereocenters. The number of hydrogen-bond acceptors (Lipinski definition) is 4. The van der Waals surface area contributed by atoms with Crippen molar-refractivity contribution >= 4 is 35.6 Å². The van der Waals surface area contributed by atoms with E-state index < -0.39 is 0 Å². The van der Waals surface area contributed by atoms with Crippen LogP contribution in [0.5, 0.6) is 11.5 Å². The topological polar surface area (TPSA) is 58.1 Å². The number of rotatable bonds is 7. The molecule has 2 N–H and O–H groups in total. The van der Waals surface area contributed by atoms with Crippen molar-refractivity contribution in [1.82, 2.24) is 10.6 Å². The molecular weight excluding hydrogens is 503 g/mol. The molecule has 0 spiro atoms. The van der Waals surface area contributed by atoms with Gasteiger partial charge in [0.05, 0.1) is 7.11 Å². The molecule has 0 radical (unpaired) electrons. The number of nitrogens with one attached hydrogen (secondary N) is 2. The Hall–Kier alpha value is -2.60. The minimum absolute atomic E-state index is 0. The van der Waals surface area contributed by atoms with E-state index in [0.717, 1.165) is 31.0 Å². The molecule has 166 valence electrons. The van der Waals surface area contributed by atoms with Gasteiger partial charge in [-0.3, -0.25) is 4.99 Å². The number of aliphatic imine (C=N–C) groups is 1. The second-order valence-corrected chi connectivity index (χ2v) is 7.32. The van der Waals surface area contributed by atoms with Gasteiger partial charge in [-0.15, -0.1) is 30.4 Å². The summed E-state index contributed by atoms with van der Waals surface area (Å²) in [5.41, 5.74) is 3.60. The van der Waals surface area contributed by atoms with Crippen LogP contribution in [0.15, 0.2) is 47.5 Å². The summed E-state index contributed by atoms with van der Waals surface area (Å²) in [4.78, 5) is 6.78. The van der Waals surface area contributed by atoms with Crippen molar-refractivity contribution in [2.75, 3.05) is 38.8 Å². The fraction of sp³-hybridized carbons (Fsp3) is 0.375. The third kappa shape index (κ3) is 6.96. The maximum absolute atomic E-state index is 5.58. The van der Waals surface area contributed by atoms with Crippen LogP contribution in [0, 0.1) is 19.3 Å². The Bertz CT molecular complexity index is 909. The smallest absolute Gasteiger partial charge is 0.191 e. The first-order chi connectivity index (χ1) is 14.6. The summed E-state index contributed by atoms with van der Waals surface area (Å²) in [6.45, 7) is 4.92. The Morgan fingerprint density at radius 1 is 1.23 bits per heavy atom. The number of methoxy groups -OCH3 is 1. The van der Waals surface area contributed by atoms with E-state index in [2.05, 4.69) is 57.6 Å². The van der Waals surface area contributed by atoms with Gasteiger partial charge < -0.3 is 25.0 Å². The number of hydrogen-bond donors (Lipinski definition) is 2. The Morgan fingerprint density at radius 3 is 2.68 bits per heavy atom. The summed E-state index contributed by atoms with van der Waals surface area (Å²) in [6.07, 6.45) is 6.37. The van der Waals surface area contributed by atoms with E-state index >= 15 is 0 Å². The van der Waals surface area contributed by atoms with Crippen molar-refractivity contribution in [3.05, 3.63) is 53.6 Å². The lowest BCUT2D eigenvalue weighted by atomic mass is 10.2. The van der Waals surface area contributed by atoms with Crippen LogP contribution in [0.4, 0.5) is 5.69 Å². The van der Waals surface area contributed by atoms with Crippen molar-refractivity contribution in [3.8, 4) is 23.8 Å². The monoisotopic (exact) mass is 534 g/mol. The highest BCUT2D eigenvalue weighted by atomic mass is 127. The Labute approximate surface area is 202 Å². The van der Waals surface area contributed by atoms with Crippen LogP contribution in [-0.2, 0) is 6.54 Å². The largest absolute Gasteiger partial charge is 0.493 e. The first-order valence-electron chi connectivity index (χ1n) is 10.1. The van der Waals surface area contributed by atoms with Gasteiger partial charge in [0.2, 0.25) is 0 Å². The molecule has 1 fully saturated rings. The maximum atomic E-state index is 5.58. The number of guanidine groups is 1. The molecular formula is C24H31IN4O2. The average molecular weight is 534 g/mol. The molecule has 1 aliphatic heterocycles. The van der Waals surface area contributed by atoms with E-state index in [-0.39, 0.29) is 30.6 Å². The van der Waals surface area contributed by atoms with E-state index in [4.69, 9.17) is 15.9 Å². The van der Waals surface area contributed by atoms with Crippen LogP contribution < -0.4 is 25.0 Å². The van der Waals surface area contributed by atoms with Gasteiger partial charge in [0.15, 0.2) is 17.5 Å². The molecule has 1 saturated heterocycles. The molecule has 2 aromatic rings. The molecule has 1 unspecified atom stereocenters. The molecule has 0 aromatic heterocycles. The van der Waals surface area contributed by atoms with Crippen LogP contribution in [0.25, 0.3) is 0 Å². The lowest BCUT2D eigenvalue weighted by molar-refractivity contribution is 0.330. The van der Waals surface area contributed by atoms with Gasteiger partial charge in [-0.05, 0) is 43.2 Å². The molecule has 0 amide bonds. The van der Waals surface area contributed by atoms with Crippen LogP contribution in [0.1, 0.15) is 17.5 Å². The fourth-order valence-electron chi connectivity index (χ4n) is 3.51. The van der Waals surface area contributed by atoms with Gasteiger partial charge >= 0.3 is 0 Å². The first-order valence-corrected chi connectivity index (χ1v) is 10.1. The van der Waals surface area contributed by atoms with E-state index in [1.165, 1.54) is 11.3 Å². The minimum atomic E-state index is 0. The second-order valence-electron chi connectivity index (χ2n) is 7.32. The number of aryl methyl sites for hydroxylation is 1. The van der Waals surface area contributed by atoms with Gasteiger partial charge in [-0.25, -0.2) is 0 Å². The molecule has 0 bridgehead atoms. The third-order valence-electron chi connectivity index (χ3n) is 5.15. The Balaban J connectivity index is 0.00000341. The summed E-state index contributed by atoms with van der Waals surface area (Å²) in [7, 11) is 3.40. The third-order valence-corrected chi connectivity index (χ3v) is 5.15. The van der Waals surface area contributed by atoms with Crippen LogP contribution in [0.3, 0.4) is 0 Å². The normalized spacial score (nSPS) is 15.6.